The maximum Gasteiger partial charge on any atom is -0.00627 e. The molecule has 0 aromatic carbocycles. The SMILES string of the molecule is [SiH3][SiH2][SiH2][SiH]([SiH3])[SiH2][Si]([SiH3])([SiH3])[SiH3]. The van der Waals surface area contributed by atoms with Crippen molar-refractivity contribution in [1.29, 1.82) is 0 Å². The van der Waals surface area contributed by atoms with Crippen molar-refractivity contribution >= 4 is 88.0 Å². The van der Waals surface area contributed by atoms with Crippen LogP contribution in [-0.2, 0) is 0 Å². The molecular weight excluding hydrogens is 281 g/mol. The molecule has 0 aliphatic carbocycles. The molecule has 1 unspecified atom stereocenters. The van der Waals surface area contributed by atoms with E-state index >= 15 is 0 Å². The van der Waals surface area contributed by atoms with Gasteiger partial charge >= 0.3 is 0 Å². The average molecular weight is 303 g/mol. The highest BCUT2D eigenvalue weighted by molar-refractivity contribution is 7.93. The monoisotopic (exact) mass is 302 g/mol. The Morgan fingerprint density at radius 3 is 2.00 bits per heavy atom. The summed E-state index contributed by atoms with van der Waals surface area (Å²) >= 11 is 0. The van der Waals surface area contributed by atoms with E-state index in [-0.39, 0.29) is 6.14 Å². The minimum atomic E-state index is -0.0331. The number of hydrogen-bond donors (Lipinski definition) is 0. The van der Waals surface area contributed by atoms with E-state index in [1.807, 2.05) is 0 Å². The molecule has 0 N–H and O–H groups in total. The van der Waals surface area contributed by atoms with Gasteiger partial charge in [-0.15, -0.1) is 0 Å². The summed E-state index contributed by atoms with van der Waals surface area (Å²) in [6.07, 6.45) is -0.0331. The Bertz CT molecular complexity index is 76.5. The summed E-state index contributed by atoms with van der Waals surface area (Å²) < 4.78 is 0. The zero-order chi connectivity index (χ0) is 8.20. The van der Waals surface area contributed by atoms with Crippen molar-refractivity contribution in [1.82, 2.24) is 0 Å². The van der Waals surface area contributed by atoms with Gasteiger partial charge in [-0.3, -0.25) is 0 Å². The first-order valence-electron chi connectivity index (χ1n) is 4.45. The third-order valence-corrected chi connectivity index (χ3v) is 141. The lowest BCUT2D eigenvalue weighted by Gasteiger charge is -2.18. The first-order valence-corrected chi connectivity index (χ1v) is 40.1. The van der Waals surface area contributed by atoms with Crippen LogP contribution in [0.2, 0.25) is 0 Å². The molecule has 10 heavy (non-hydrogen) atoms. The summed E-state index contributed by atoms with van der Waals surface area (Å²) in [7, 11) is 11.6. The topological polar surface area (TPSA) is 0 Å². The second-order valence-electron chi connectivity index (χ2n) is 4.66. The van der Waals surface area contributed by atoms with E-state index in [1.165, 1.54) is 0 Å². The van der Waals surface area contributed by atoms with Crippen LogP contribution in [0.5, 0.6) is 0 Å². The Morgan fingerprint density at radius 2 is 1.70 bits per heavy atom. The first-order chi connectivity index (χ1) is 4.45. The van der Waals surface area contributed by atoms with Crippen LogP contribution in [0.1, 0.15) is 0 Å². The normalized spacial score (nSPS) is 25.2. The zero-order valence-electron chi connectivity index (χ0n) is 8.20. The van der Waals surface area contributed by atoms with Gasteiger partial charge in [0.25, 0.3) is 0 Å². The highest BCUT2D eigenvalue weighted by Crippen LogP contribution is 1.80. The maximum atomic E-state index is 1.80. The van der Waals surface area contributed by atoms with Crippen LogP contribution in [0.4, 0.5) is 0 Å². The van der Waals surface area contributed by atoms with Crippen LogP contribution in [0.25, 0.3) is 0 Å². The third-order valence-electron chi connectivity index (χ3n) is 1.74. The van der Waals surface area contributed by atoms with Gasteiger partial charge in [0.2, 0.25) is 0 Å². The fourth-order valence-electron chi connectivity index (χ4n) is 1.64. The minimum Gasteiger partial charge on any atom is -0.0120 e. The van der Waals surface area contributed by atoms with Gasteiger partial charge < -0.3 is 0 Å². The Kier molecular flexibility index (Phi) is 7.00. The van der Waals surface area contributed by atoms with Gasteiger partial charge in [0.1, 0.15) is 0 Å². The summed E-state index contributed by atoms with van der Waals surface area (Å²) in [4.78, 5) is 0. The van der Waals surface area contributed by atoms with Crippen molar-refractivity contribution < 1.29 is 0 Å². The van der Waals surface area contributed by atoms with Crippen molar-refractivity contribution in [3.8, 4) is 0 Å². The summed E-state index contributed by atoms with van der Waals surface area (Å²) in [6, 6.07) is 0. The average Bonchev–Trinajstić information content (AvgIpc) is 1.59. The molecule has 10 heteroatoms. The fraction of sp³-hybridized carbons (Fsp3) is 0. The van der Waals surface area contributed by atoms with Gasteiger partial charge in [-0.1, -0.05) is 0 Å². The first kappa shape index (κ1) is 12.2. The lowest BCUT2D eigenvalue weighted by atomic mass is 25.9. The molecule has 0 aliphatic rings. The van der Waals surface area contributed by atoms with Crippen LogP contribution in [0.3, 0.4) is 0 Å². The van der Waals surface area contributed by atoms with Crippen LogP contribution in [0.15, 0.2) is 0 Å². The quantitative estimate of drug-likeness (QED) is 0.453. The second-order valence-corrected chi connectivity index (χ2v) is 126. The standard InChI is InChI=1S/H22Si10/c1-6-7-9(2)8-10(3,4)5/h9H,6-8H2,1-5H3. The van der Waals surface area contributed by atoms with Gasteiger partial charge in [0.15, 0.2) is 0 Å². The van der Waals surface area contributed by atoms with Crippen molar-refractivity contribution in [3.05, 3.63) is 0 Å². The Hall–Kier alpha value is 2.17. The number of hydrogen-bond acceptors (Lipinski definition) is 0. The summed E-state index contributed by atoms with van der Waals surface area (Å²) in [6.45, 7) is 0. The molecule has 0 nitrogen and oxygen atoms in total. The van der Waals surface area contributed by atoms with Crippen LogP contribution in [0, 0.1) is 0 Å². The van der Waals surface area contributed by atoms with Gasteiger partial charge in [-0.05, 0) is 88.0 Å². The van der Waals surface area contributed by atoms with Crippen molar-refractivity contribution in [2.45, 2.75) is 0 Å². The van der Waals surface area contributed by atoms with Crippen LogP contribution < -0.4 is 0 Å². The highest BCUT2D eigenvalue weighted by atomic mass is 30.3. The Balaban J connectivity index is 3.47. The van der Waals surface area contributed by atoms with Crippen LogP contribution >= 0.6 is 0 Å². The van der Waals surface area contributed by atoms with Gasteiger partial charge in [0, 0.05) is 0 Å². The smallest absolute Gasteiger partial charge is 0.00627 e. The molecule has 0 fully saturated rings. The maximum absolute atomic E-state index is 1.80. The van der Waals surface area contributed by atoms with Gasteiger partial charge in [-0.25, -0.2) is 0 Å². The summed E-state index contributed by atoms with van der Waals surface area (Å²) in [5.74, 6) is 0. The molecule has 0 heterocycles. The minimum absolute atomic E-state index is 0.0331. The molecule has 1 atom stereocenters. The lowest BCUT2D eigenvalue weighted by Crippen LogP contribution is -2.55. The second kappa shape index (κ2) is 5.75. The van der Waals surface area contributed by atoms with Crippen molar-refractivity contribution in [2.24, 2.45) is 0 Å². The Labute approximate surface area is 87.4 Å². The molecule has 0 aromatic heterocycles. The van der Waals surface area contributed by atoms with E-state index in [9.17, 15) is 0 Å². The van der Waals surface area contributed by atoms with E-state index in [1.54, 1.807) is 48.8 Å². The highest BCUT2D eigenvalue weighted by Gasteiger charge is 2.17. The largest absolute Gasteiger partial charge is 0.0120 e. The van der Waals surface area contributed by atoms with Crippen molar-refractivity contribution in [3.63, 3.8) is 0 Å². The lowest BCUT2D eigenvalue weighted by molar-refractivity contribution is 3.58. The molecule has 0 saturated carbocycles. The van der Waals surface area contributed by atoms with Gasteiger partial charge in [-0.2, -0.15) is 0 Å². The zero-order valence-corrected chi connectivity index (χ0v) is 24.6. The molecule has 0 radical (unpaired) electrons. The molecule has 0 saturated heterocycles. The fourth-order valence-corrected chi connectivity index (χ4v) is 399. The molecule has 62 valence electrons. The van der Waals surface area contributed by atoms with E-state index in [0.717, 1.165) is 25.7 Å². The van der Waals surface area contributed by atoms with E-state index in [2.05, 4.69) is 0 Å². The summed E-state index contributed by atoms with van der Waals surface area (Å²) in [5.41, 5.74) is 0. The van der Waals surface area contributed by atoms with Crippen LogP contribution in [-0.4, -0.2) is 88.0 Å². The predicted octanol–water partition coefficient (Wildman–Crippen LogP) is -9.70. The summed E-state index contributed by atoms with van der Waals surface area (Å²) in [5, 5.41) is 0. The van der Waals surface area contributed by atoms with E-state index in [0.29, 0.717) is 7.35 Å². The molecule has 0 rings (SSSR count). The van der Waals surface area contributed by atoms with E-state index in [4.69, 9.17) is 0 Å². The molecule has 0 amide bonds. The number of rotatable bonds is 4. The molecule has 0 aromatic rings. The predicted molar refractivity (Wildman–Crippen MR) is 88.2 cm³/mol. The molecule has 0 aliphatic heterocycles. The van der Waals surface area contributed by atoms with Gasteiger partial charge in [0.05, 0.1) is 0 Å². The van der Waals surface area contributed by atoms with Crippen molar-refractivity contribution in [2.75, 3.05) is 0 Å². The molecule has 0 spiro atoms. The molecular formula is H22Si10. The molecule has 0 bridgehead atoms. The van der Waals surface area contributed by atoms with E-state index < -0.39 is 0 Å². The Morgan fingerprint density at radius 1 is 1.20 bits per heavy atom. The third kappa shape index (κ3) is 8.27.